The van der Waals surface area contributed by atoms with Gasteiger partial charge in [-0.2, -0.15) is 5.10 Å². The van der Waals surface area contributed by atoms with E-state index in [1.807, 2.05) is 41.9 Å². The van der Waals surface area contributed by atoms with Gasteiger partial charge >= 0.3 is 0 Å². The van der Waals surface area contributed by atoms with Crippen LogP contribution in [0.1, 0.15) is 31.5 Å². The van der Waals surface area contributed by atoms with E-state index in [2.05, 4.69) is 34.5 Å². The molecule has 26 heavy (non-hydrogen) atoms. The van der Waals surface area contributed by atoms with E-state index in [4.69, 9.17) is 23.8 Å². The molecule has 0 amide bonds. The zero-order valence-electron chi connectivity index (χ0n) is 15.8. The molecule has 1 heterocycles. The van der Waals surface area contributed by atoms with Crippen LogP contribution in [0.15, 0.2) is 30.3 Å². The van der Waals surface area contributed by atoms with Crippen LogP contribution in [0.5, 0.6) is 0 Å². The number of hydrogen-bond acceptors (Lipinski definition) is 3. The number of aryl methyl sites for hydroxylation is 1. The first-order valence-corrected chi connectivity index (χ1v) is 9.86. The Morgan fingerprint density at radius 1 is 1.23 bits per heavy atom. The van der Waals surface area contributed by atoms with Gasteiger partial charge in [0.25, 0.3) is 0 Å². The summed E-state index contributed by atoms with van der Waals surface area (Å²) in [7, 11) is 0. The van der Waals surface area contributed by atoms with E-state index in [0.717, 1.165) is 54.7 Å². The van der Waals surface area contributed by atoms with Crippen molar-refractivity contribution in [2.24, 2.45) is 0 Å². The third kappa shape index (κ3) is 6.59. The van der Waals surface area contributed by atoms with E-state index in [9.17, 15) is 0 Å². The molecular formula is C19H28ClN5S. The summed E-state index contributed by atoms with van der Waals surface area (Å²) in [4.78, 5) is 2.40. The Morgan fingerprint density at radius 3 is 2.58 bits per heavy atom. The van der Waals surface area contributed by atoms with Crippen LogP contribution >= 0.6 is 23.8 Å². The maximum absolute atomic E-state index is 5.94. The van der Waals surface area contributed by atoms with Crippen LogP contribution in [0, 0.1) is 6.92 Å². The molecule has 1 aromatic carbocycles. The Balaban J connectivity index is 1.80. The van der Waals surface area contributed by atoms with Crippen molar-refractivity contribution < 1.29 is 0 Å². The summed E-state index contributed by atoms with van der Waals surface area (Å²) in [5.41, 5.74) is 2.23. The molecule has 142 valence electrons. The van der Waals surface area contributed by atoms with Crippen molar-refractivity contribution in [2.75, 3.05) is 31.5 Å². The standard InChI is InChI=1S/C19H28ClN5S/c1-4-24(5-2)12-6-11-21-19(26)22-18-13-15(3)25(23-18)14-16-7-9-17(20)10-8-16/h7-10,13H,4-6,11-12,14H2,1-3H3,(H2,21,22,23,26). The molecule has 0 bridgehead atoms. The second-order valence-electron chi connectivity index (χ2n) is 6.22. The number of halogens is 1. The molecule has 1 aromatic heterocycles. The molecule has 0 atom stereocenters. The Labute approximate surface area is 166 Å². The highest BCUT2D eigenvalue weighted by Crippen LogP contribution is 2.14. The molecule has 0 saturated carbocycles. The Kier molecular flexibility index (Phi) is 8.35. The lowest BCUT2D eigenvalue weighted by Crippen LogP contribution is -2.32. The average molecular weight is 394 g/mol. The fraction of sp³-hybridized carbons (Fsp3) is 0.474. The highest BCUT2D eigenvalue weighted by Gasteiger charge is 2.07. The molecule has 0 unspecified atom stereocenters. The van der Waals surface area contributed by atoms with Crippen molar-refractivity contribution in [3.8, 4) is 0 Å². The molecule has 0 aliphatic heterocycles. The number of thiocarbonyl (C=S) groups is 1. The van der Waals surface area contributed by atoms with Gasteiger partial charge in [0.05, 0.1) is 6.54 Å². The summed E-state index contributed by atoms with van der Waals surface area (Å²) >= 11 is 11.3. The minimum absolute atomic E-state index is 0.612. The molecule has 0 radical (unpaired) electrons. The van der Waals surface area contributed by atoms with E-state index in [1.165, 1.54) is 0 Å². The topological polar surface area (TPSA) is 45.1 Å². The number of nitrogens with zero attached hydrogens (tertiary/aromatic N) is 3. The summed E-state index contributed by atoms with van der Waals surface area (Å²) < 4.78 is 1.95. The molecule has 0 aliphatic rings. The van der Waals surface area contributed by atoms with Gasteiger partial charge < -0.3 is 15.5 Å². The van der Waals surface area contributed by atoms with Gasteiger partial charge in [-0.15, -0.1) is 0 Å². The van der Waals surface area contributed by atoms with Gasteiger partial charge in [0.2, 0.25) is 0 Å². The van der Waals surface area contributed by atoms with Gasteiger partial charge in [-0.1, -0.05) is 37.6 Å². The van der Waals surface area contributed by atoms with E-state index >= 15 is 0 Å². The summed E-state index contributed by atoms with van der Waals surface area (Å²) in [5.74, 6) is 0.762. The van der Waals surface area contributed by atoms with Crippen molar-refractivity contribution in [1.82, 2.24) is 20.0 Å². The average Bonchev–Trinajstić information content (AvgIpc) is 2.96. The van der Waals surface area contributed by atoms with Crippen LogP contribution in [-0.4, -0.2) is 46.0 Å². The van der Waals surface area contributed by atoms with E-state index in [-0.39, 0.29) is 0 Å². The lowest BCUT2D eigenvalue weighted by Gasteiger charge is -2.18. The van der Waals surface area contributed by atoms with Crippen molar-refractivity contribution in [2.45, 2.75) is 33.7 Å². The molecule has 2 aromatic rings. The smallest absolute Gasteiger partial charge is 0.171 e. The third-order valence-electron chi connectivity index (χ3n) is 4.30. The number of nitrogens with one attached hydrogen (secondary N) is 2. The normalized spacial score (nSPS) is 11.0. The minimum Gasteiger partial charge on any atom is -0.362 e. The largest absolute Gasteiger partial charge is 0.362 e. The maximum Gasteiger partial charge on any atom is 0.171 e. The highest BCUT2D eigenvalue weighted by molar-refractivity contribution is 7.80. The summed E-state index contributed by atoms with van der Waals surface area (Å²) in [6.07, 6.45) is 1.06. The first-order chi connectivity index (χ1) is 12.5. The third-order valence-corrected chi connectivity index (χ3v) is 4.80. The molecule has 2 N–H and O–H groups in total. The molecule has 0 fully saturated rings. The SMILES string of the molecule is CCN(CC)CCCNC(=S)Nc1cc(C)n(Cc2ccc(Cl)cc2)n1. The van der Waals surface area contributed by atoms with E-state index in [0.29, 0.717) is 11.7 Å². The highest BCUT2D eigenvalue weighted by atomic mass is 35.5. The van der Waals surface area contributed by atoms with Crippen molar-refractivity contribution >= 4 is 34.7 Å². The summed E-state index contributed by atoms with van der Waals surface area (Å²) in [5, 5.41) is 12.4. The van der Waals surface area contributed by atoms with Crippen LogP contribution < -0.4 is 10.6 Å². The molecule has 0 spiro atoms. The van der Waals surface area contributed by atoms with Crippen LogP contribution in [0.3, 0.4) is 0 Å². The fourth-order valence-corrected chi connectivity index (χ4v) is 3.03. The summed E-state index contributed by atoms with van der Waals surface area (Å²) in [6.45, 7) is 11.2. The van der Waals surface area contributed by atoms with Gasteiger partial charge in [0.15, 0.2) is 10.9 Å². The van der Waals surface area contributed by atoms with Crippen molar-refractivity contribution in [1.29, 1.82) is 0 Å². The van der Waals surface area contributed by atoms with Crippen LogP contribution in [0.4, 0.5) is 5.82 Å². The predicted octanol–water partition coefficient (Wildman–Crippen LogP) is 3.91. The number of hydrogen-bond donors (Lipinski definition) is 2. The van der Waals surface area contributed by atoms with Crippen LogP contribution in [-0.2, 0) is 6.54 Å². The van der Waals surface area contributed by atoms with E-state index < -0.39 is 0 Å². The van der Waals surface area contributed by atoms with Gasteiger partial charge in [-0.05, 0) is 62.9 Å². The first-order valence-electron chi connectivity index (χ1n) is 9.08. The Hall–Kier alpha value is -1.63. The quantitative estimate of drug-likeness (QED) is 0.499. The number of rotatable bonds is 9. The van der Waals surface area contributed by atoms with Crippen LogP contribution in [0.2, 0.25) is 5.02 Å². The van der Waals surface area contributed by atoms with Crippen molar-refractivity contribution in [3.63, 3.8) is 0 Å². The fourth-order valence-electron chi connectivity index (χ4n) is 2.70. The minimum atomic E-state index is 0.612. The molecule has 5 nitrogen and oxygen atoms in total. The second kappa shape index (κ2) is 10.5. The van der Waals surface area contributed by atoms with Gasteiger partial charge in [0, 0.05) is 23.3 Å². The first kappa shape index (κ1) is 20.7. The Bertz CT molecular complexity index is 694. The van der Waals surface area contributed by atoms with Crippen LogP contribution in [0.25, 0.3) is 0 Å². The van der Waals surface area contributed by atoms with Gasteiger partial charge in [-0.25, -0.2) is 0 Å². The number of benzene rings is 1. The molecule has 2 rings (SSSR count). The lowest BCUT2D eigenvalue weighted by molar-refractivity contribution is 0.300. The van der Waals surface area contributed by atoms with Crippen molar-refractivity contribution in [3.05, 3.63) is 46.6 Å². The van der Waals surface area contributed by atoms with Gasteiger partial charge in [-0.3, -0.25) is 4.68 Å². The monoisotopic (exact) mass is 393 g/mol. The summed E-state index contributed by atoms with van der Waals surface area (Å²) in [6, 6.07) is 9.81. The second-order valence-corrected chi connectivity index (χ2v) is 7.06. The molecule has 0 aliphatic carbocycles. The zero-order valence-corrected chi connectivity index (χ0v) is 17.3. The molecule has 0 saturated heterocycles. The number of aromatic nitrogens is 2. The molecule has 7 heteroatoms. The molecular weight excluding hydrogens is 366 g/mol. The van der Waals surface area contributed by atoms with E-state index in [1.54, 1.807) is 0 Å². The predicted molar refractivity (Wildman–Crippen MR) is 114 cm³/mol. The number of anilines is 1. The maximum atomic E-state index is 5.94. The lowest BCUT2D eigenvalue weighted by atomic mass is 10.2. The zero-order chi connectivity index (χ0) is 18.9. The Morgan fingerprint density at radius 2 is 1.92 bits per heavy atom. The van der Waals surface area contributed by atoms with Gasteiger partial charge in [0.1, 0.15) is 0 Å².